The number of H-pyrrole nitrogens is 1. The Morgan fingerprint density at radius 2 is 2.27 bits per heavy atom. The molecule has 1 saturated carbocycles. The molecule has 116 valence electrons. The van der Waals surface area contributed by atoms with E-state index in [9.17, 15) is 0 Å². The van der Waals surface area contributed by atoms with E-state index >= 15 is 0 Å². The molecule has 0 spiro atoms. The van der Waals surface area contributed by atoms with Gasteiger partial charge in [0.15, 0.2) is 0 Å². The highest BCUT2D eigenvalue weighted by atomic mass is 16.5. The first-order chi connectivity index (χ1) is 10.8. The quantitative estimate of drug-likeness (QED) is 0.918. The van der Waals surface area contributed by atoms with Crippen LogP contribution in [-0.2, 0) is 6.42 Å². The molecular formula is C19H24N2O. The maximum atomic E-state index is 5.44. The normalized spacial score (nSPS) is 33.2. The maximum Gasteiger partial charge on any atom is 0.119 e. The zero-order valence-electron chi connectivity index (χ0n) is 13.4. The van der Waals surface area contributed by atoms with Crippen LogP contribution in [0, 0.1) is 11.8 Å². The van der Waals surface area contributed by atoms with Gasteiger partial charge in [-0.1, -0.05) is 13.3 Å². The fourth-order valence-corrected chi connectivity index (χ4v) is 5.70. The summed E-state index contributed by atoms with van der Waals surface area (Å²) in [6.45, 7) is 4.95. The van der Waals surface area contributed by atoms with Gasteiger partial charge < -0.3 is 9.72 Å². The number of rotatable bonds is 2. The number of hydrogen-bond donors (Lipinski definition) is 1. The van der Waals surface area contributed by atoms with Crippen molar-refractivity contribution >= 4 is 10.9 Å². The second-order valence-corrected chi connectivity index (χ2v) is 7.34. The van der Waals surface area contributed by atoms with Gasteiger partial charge in [-0.2, -0.15) is 0 Å². The molecule has 3 aliphatic rings. The van der Waals surface area contributed by atoms with Crippen LogP contribution in [0.2, 0.25) is 0 Å². The molecule has 1 N–H and O–H groups in total. The summed E-state index contributed by atoms with van der Waals surface area (Å²) < 4.78 is 5.44. The number of ether oxygens (including phenoxy) is 1. The molecule has 0 amide bonds. The van der Waals surface area contributed by atoms with Crippen molar-refractivity contribution in [2.75, 3.05) is 20.2 Å². The molecule has 3 nitrogen and oxygen atoms in total. The van der Waals surface area contributed by atoms with Crippen molar-refractivity contribution in [2.24, 2.45) is 11.8 Å². The number of nitrogens with zero attached hydrogens (tertiary/aromatic N) is 1. The number of aromatic nitrogens is 1. The summed E-state index contributed by atoms with van der Waals surface area (Å²) in [7, 11) is 1.76. The first-order valence-electron chi connectivity index (χ1n) is 8.72. The van der Waals surface area contributed by atoms with Crippen LogP contribution in [0.5, 0.6) is 5.75 Å². The SMILES string of the molecule is CCC1C2CC3c4[nH]c5ccc(OC)cc5c4CCN(C2)C31. The molecule has 2 aromatic rings. The van der Waals surface area contributed by atoms with Gasteiger partial charge in [0.25, 0.3) is 0 Å². The summed E-state index contributed by atoms with van der Waals surface area (Å²) in [6.07, 6.45) is 3.90. The minimum Gasteiger partial charge on any atom is -0.497 e. The lowest BCUT2D eigenvalue weighted by molar-refractivity contribution is 0.193. The van der Waals surface area contributed by atoms with Gasteiger partial charge in [0, 0.05) is 41.6 Å². The van der Waals surface area contributed by atoms with Crippen LogP contribution in [0.1, 0.15) is 36.9 Å². The molecule has 5 rings (SSSR count). The molecule has 22 heavy (non-hydrogen) atoms. The lowest BCUT2D eigenvalue weighted by Crippen LogP contribution is -2.37. The summed E-state index contributed by atoms with van der Waals surface area (Å²) in [6, 6.07) is 7.26. The predicted molar refractivity (Wildman–Crippen MR) is 88.5 cm³/mol. The van der Waals surface area contributed by atoms with Crippen LogP contribution in [0.15, 0.2) is 18.2 Å². The number of hydrogen-bond acceptors (Lipinski definition) is 2. The number of benzene rings is 1. The third kappa shape index (κ3) is 1.55. The Bertz CT molecular complexity index is 734. The molecule has 2 fully saturated rings. The van der Waals surface area contributed by atoms with Gasteiger partial charge in [-0.3, -0.25) is 4.90 Å². The van der Waals surface area contributed by atoms with Crippen LogP contribution in [0.25, 0.3) is 10.9 Å². The largest absolute Gasteiger partial charge is 0.497 e. The molecule has 3 heteroatoms. The van der Waals surface area contributed by atoms with Crippen LogP contribution in [-0.4, -0.2) is 36.1 Å². The number of methoxy groups -OCH3 is 1. The highest BCUT2D eigenvalue weighted by Crippen LogP contribution is 2.54. The molecule has 0 radical (unpaired) electrons. The van der Waals surface area contributed by atoms with Crippen LogP contribution >= 0.6 is 0 Å². The summed E-state index contributed by atoms with van der Waals surface area (Å²) >= 11 is 0. The van der Waals surface area contributed by atoms with Crippen molar-refractivity contribution in [3.8, 4) is 5.75 Å². The molecular weight excluding hydrogens is 272 g/mol. The van der Waals surface area contributed by atoms with Crippen molar-refractivity contribution in [3.63, 3.8) is 0 Å². The Kier molecular flexibility index (Phi) is 2.67. The summed E-state index contributed by atoms with van der Waals surface area (Å²) in [5.74, 6) is 3.53. The van der Waals surface area contributed by atoms with Gasteiger partial charge in [0.1, 0.15) is 5.75 Å². The molecule has 3 heterocycles. The number of aromatic amines is 1. The van der Waals surface area contributed by atoms with Gasteiger partial charge in [-0.15, -0.1) is 0 Å². The topological polar surface area (TPSA) is 28.3 Å². The predicted octanol–water partition coefficient (Wildman–Crippen LogP) is 3.55. The molecule has 4 unspecified atom stereocenters. The first-order valence-corrected chi connectivity index (χ1v) is 8.72. The highest BCUT2D eigenvalue weighted by Gasteiger charge is 2.53. The zero-order chi connectivity index (χ0) is 14.8. The van der Waals surface area contributed by atoms with Crippen molar-refractivity contribution in [1.29, 1.82) is 0 Å². The van der Waals surface area contributed by atoms with E-state index in [1.165, 1.54) is 48.9 Å². The monoisotopic (exact) mass is 296 g/mol. The molecule has 2 bridgehead atoms. The van der Waals surface area contributed by atoms with Gasteiger partial charge in [0.05, 0.1) is 7.11 Å². The Hall–Kier alpha value is -1.48. The number of fused-ring (bicyclic) bond motifs is 5. The second kappa shape index (κ2) is 4.51. The third-order valence-electron chi connectivity index (χ3n) is 6.54. The van der Waals surface area contributed by atoms with E-state index in [1.54, 1.807) is 12.7 Å². The Morgan fingerprint density at radius 1 is 1.36 bits per heavy atom. The average molecular weight is 296 g/mol. The van der Waals surface area contributed by atoms with Crippen molar-refractivity contribution < 1.29 is 4.74 Å². The zero-order valence-corrected chi connectivity index (χ0v) is 13.4. The van der Waals surface area contributed by atoms with E-state index in [0.29, 0.717) is 0 Å². The van der Waals surface area contributed by atoms with Gasteiger partial charge >= 0.3 is 0 Å². The fourth-order valence-electron chi connectivity index (χ4n) is 5.70. The highest BCUT2D eigenvalue weighted by molar-refractivity contribution is 5.86. The van der Waals surface area contributed by atoms with E-state index in [4.69, 9.17) is 4.74 Å². The minimum atomic E-state index is 0.722. The standard InChI is InChI=1S/C19H24N2O/c1-3-13-11-8-16-18-14(6-7-21(10-11)19(13)16)15-9-12(22-2)4-5-17(15)20-18/h4-5,9,11,13,16,19-20H,3,6-8,10H2,1-2H3. The molecule has 2 aliphatic heterocycles. The summed E-state index contributed by atoms with van der Waals surface area (Å²) in [5, 5.41) is 1.38. The van der Waals surface area contributed by atoms with E-state index in [-0.39, 0.29) is 0 Å². The smallest absolute Gasteiger partial charge is 0.119 e. The molecule has 1 aliphatic carbocycles. The Morgan fingerprint density at radius 3 is 3.05 bits per heavy atom. The lowest BCUT2D eigenvalue weighted by atomic mass is 9.92. The van der Waals surface area contributed by atoms with E-state index in [1.807, 2.05) is 0 Å². The van der Waals surface area contributed by atoms with Crippen LogP contribution in [0.3, 0.4) is 0 Å². The van der Waals surface area contributed by atoms with Crippen molar-refractivity contribution in [1.82, 2.24) is 9.88 Å². The lowest BCUT2D eigenvalue weighted by Gasteiger charge is -2.31. The summed E-state index contributed by atoms with van der Waals surface area (Å²) in [4.78, 5) is 6.57. The van der Waals surface area contributed by atoms with E-state index in [0.717, 1.165) is 29.5 Å². The van der Waals surface area contributed by atoms with E-state index in [2.05, 4.69) is 35.0 Å². The van der Waals surface area contributed by atoms with Crippen LogP contribution in [0.4, 0.5) is 0 Å². The average Bonchev–Trinajstić information content (AvgIpc) is 3.18. The van der Waals surface area contributed by atoms with Crippen LogP contribution < -0.4 is 4.74 Å². The number of piperidine rings is 1. The van der Waals surface area contributed by atoms with Crippen molar-refractivity contribution in [2.45, 2.75) is 38.1 Å². The maximum absolute atomic E-state index is 5.44. The first kappa shape index (κ1) is 13.0. The Labute approximate surface area is 131 Å². The molecule has 1 aromatic carbocycles. The third-order valence-corrected chi connectivity index (χ3v) is 6.54. The number of nitrogens with one attached hydrogen (secondary N) is 1. The van der Waals surface area contributed by atoms with Gasteiger partial charge in [-0.25, -0.2) is 0 Å². The molecule has 4 atom stereocenters. The second-order valence-electron chi connectivity index (χ2n) is 7.34. The van der Waals surface area contributed by atoms with Crippen molar-refractivity contribution in [3.05, 3.63) is 29.5 Å². The molecule has 1 aromatic heterocycles. The van der Waals surface area contributed by atoms with Gasteiger partial charge in [0.2, 0.25) is 0 Å². The minimum absolute atomic E-state index is 0.722. The molecule has 1 saturated heterocycles. The van der Waals surface area contributed by atoms with E-state index < -0.39 is 0 Å². The van der Waals surface area contributed by atoms with Gasteiger partial charge in [-0.05, 0) is 48.4 Å². The Balaban J connectivity index is 1.67. The fraction of sp³-hybridized carbons (Fsp3) is 0.579. The summed E-state index contributed by atoms with van der Waals surface area (Å²) in [5.41, 5.74) is 4.38.